The van der Waals surface area contributed by atoms with Crippen LogP contribution in [-0.2, 0) is 11.0 Å². The zero-order valence-electron chi connectivity index (χ0n) is 10.2. The van der Waals surface area contributed by atoms with Crippen LogP contribution in [0.2, 0.25) is 0 Å². The predicted octanol–water partition coefficient (Wildman–Crippen LogP) is 3.33. The zero-order chi connectivity index (χ0) is 13.3. The van der Waals surface area contributed by atoms with Gasteiger partial charge in [0.05, 0.1) is 26.9 Å². The van der Waals surface area contributed by atoms with Crippen LogP contribution in [0, 0.1) is 0 Å². The van der Waals surface area contributed by atoms with Crippen molar-refractivity contribution in [3.8, 4) is 0 Å². The van der Waals surface area contributed by atoms with E-state index in [1.807, 2.05) is 26.8 Å². The van der Waals surface area contributed by atoms with Gasteiger partial charge in [-0.2, -0.15) is 4.40 Å². The number of halogens is 1. The number of fused-ring (bicyclic) bond motifs is 1. The highest BCUT2D eigenvalue weighted by Crippen LogP contribution is 2.23. The van der Waals surface area contributed by atoms with Gasteiger partial charge < -0.3 is 0 Å². The van der Waals surface area contributed by atoms with Crippen molar-refractivity contribution in [3.63, 3.8) is 0 Å². The Kier molecular flexibility index (Phi) is 3.93. The van der Waals surface area contributed by atoms with Crippen LogP contribution in [0.25, 0.3) is 10.3 Å². The topological polar surface area (TPSA) is 55.2 Å². The van der Waals surface area contributed by atoms with E-state index in [-0.39, 0.29) is 4.75 Å². The lowest BCUT2D eigenvalue weighted by Crippen LogP contribution is -2.19. The minimum atomic E-state index is -1.28. The molecule has 0 aliphatic rings. The quantitative estimate of drug-likeness (QED) is 0.784. The van der Waals surface area contributed by atoms with Crippen molar-refractivity contribution in [2.24, 2.45) is 4.40 Å². The van der Waals surface area contributed by atoms with E-state index in [1.165, 1.54) is 17.6 Å². The standard InChI is InChI=1S/C11H12BrN3OS2/c1-11(2,3)18(16)14-5-8-7(12)4-9-10(15-8)13-6-17-9/h4-6H,1-3H3. The third kappa shape index (κ3) is 3.02. The van der Waals surface area contributed by atoms with Gasteiger partial charge in [0.2, 0.25) is 0 Å². The molecule has 0 N–H and O–H groups in total. The zero-order valence-corrected chi connectivity index (χ0v) is 13.4. The van der Waals surface area contributed by atoms with E-state index in [2.05, 4.69) is 30.3 Å². The van der Waals surface area contributed by atoms with Crippen LogP contribution in [0.1, 0.15) is 26.5 Å². The SMILES string of the molecule is CC(C)(C)S(=O)N=Cc1nc2ncsc2cc1Br. The molecule has 4 nitrogen and oxygen atoms in total. The molecule has 0 amide bonds. The van der Waals surface area contributed by atoms with Gasteiger partial charge in [-0.3, -0.25) is 0 Å². The van der Waals surface area contributed by atoms with E-state index >= 15 is 0 Å². The van der Waals surface area contributed by atoms with Gasteiger partial charge >= 0.3 is 0 Å². The van der Waals surface area contributed by atoms with Crippen molar-refractivity contribution >= 4 is 54.8 Å². The molecule has 7 heteroatoms. The molecule has 0 saturated heterocycles. The molecule has 2 heterocycles. The Bertz CT molecular complexity index is 631. The van der Waals surface area contributed by atoms with E-state index in [0.717, 1.165) is 9.17 Å². The van der Waals surface area contributed by atoms with Crippen LogP contribution in [0.3, 0.4) is 0 Å². The molecule has 2 rings (SSSR count). The van der Waals surface area contributed by atoms with Crippen LogP contribution >= 0.6 is 27.3 Å². The Hall–Kier alpha value is -0.660. The Morgan fingerprint density at radius 2 is 2.22 bits per heavy atom. The average Bonchev–Trinajstić information content (AvgIpc) is 2.70. The van der Waals surface area contributed by atoms with E-state index < -0.39 is 11.0 Å². The van der Waals surface area contributed by atoms with Crippen molar-refractivity contribution in [3.05, 3.63) is 21.7 Å². The van der Waals surface area contributed by atoms with Gasteiger partial charge in [-0.25, -0.2) is 14.2 Å². The van der Waals surface area contributed by atoms with Gasteiger partial charge in [0.15, 0.2) is 5.65 Å². The van der Waals surface area contributed by atoms with Crippen LogP contribution in [0.4, 0.5) is 0 Å². The lowest BCUT2D eigenvalue weighted by atomic mass is 10.3. The summed E-state index contributed by atoms with van der Waals surface area (Å²) in [4.78, 5) is 8.50. The molecular weight excluding hydrogens is 334 g/mol. The maximum Gasteiger partial charge on any atom is 0.170 e. The van der Waals surface area contributed by atoms with Gasteiger partial charge in [0, 0.05) is 4.47 Å². The van der Waals surface area contributed by atoms with Crippen molar-refractivity contribution in [1.29, 1.82) is 0 Å². The van der Waals surface area contributed by atoms with Crippen molar-refractivity contribution in [2.75, 3.05) is 0 Å². The Balaban J connectivity index is 2.34. The number of pyridine rings is 1. The molecular formula is C11H12BrN3OS2. The second-order valence-corrected chi connectivity index (χ2v) is 8.30. The summed E-state index contributed by atoms with van der Waals surface area (Å²) in [7, 11) is -1.28. The number of hydrogen-bond acceptors (Lipinski definition) is 4. The first-order valence-electron chi connectivity index (χ1n) is 5.24. The summed E-state index contributed by atoms with van der Waals surface area (Å²) in [5, 5.41) is 0. The summed E-state index contributed by atoms with van der Waals surface area (Å²) in [6.45, 7) is 5.64. The molecule has 0 aromatic carbocycles. The highest BCUT2D eigenvalue weighted by atomic mass is 79.9. The first kappa shape index (κ1) is 13.8. The number of thiazole rings is 1. The Morgan fingerprint density at radius 1 is 1.50 bits per heavy atom. The second kappa shape index (κ2) is 5.14. The minimum absolute atomic E-state index is 0.367. The van der Waals surface area contributed by atoms with Gasteiger partial charge in [0.25, 0.3) is 0 Å². The number of rotatable bonds is 2. The Morgan fingerprint density at radius 3 is 2.89 bits per heavy atom. The van der Waals surface area contributed by atoms with E-state index in [0.29, 0.717) is 11.3 Å². The maximum absolute atomic E-state index is 11.8. The normalized spacial score (nSPS) is 14.4. The van der Waals surface area contributed by atoms with E-state index in [1.54, 1.807) is 5.51 Å². The second-order valence-electron chi connectivity index (χ2n) is 4.63. The maximum atomic E-state index is 11.8. The van der Waals surface area contributed by atoms with Crippen LogP contribution in [-0.4, -0.2) is 25.1 Å². The fourth-order valence-corrected chi connectivity index (χ4v) is 2.87. The molecule has 0 aliphatic heterocycles. The fourth-order valence-electron chi connectivity index (χ4n) is 1.13. The highest BCUT2D eigenvalue weighted by Gasteiger charge is 2.18. The molecule has 2 aromatic rings. The number of hydrogen-bond donors (Lipinski definition) is 0. The minimum Gasteiger partial charge on any atom is -0.234 e. The van der Waals surface area contributed by atoms with Gasteiger partial charge in [0.1, 0.15) is 11.0 Å². The molecule has 0 spiro atoms. The summed E-state index contributed by atoms with van der Waals surface area (Å²) in [5.41, 5.74) is 3.08. The van der Waals surface area contributed by atoms with Gasteiger partial charge in [-0.05, 0) is 42.8 Å². The van der Waals surface area contributed by atoms with Gasteiger partial charge in [-0.15, -0.1) is 11.3 Å². The molecule has 1 unspecified atom stereocenters. The summed E-state index contributed by atoms with van der Waals surface area (Å²) >= 11 is 4.96. The molecule has 1 atom stereocenters. The monoisotopic (exact) mass is 345 g/mol. The van der Waals surface area contributed by atoms with Crippen LogP contribution < -0.4 is 0 Å². The van der Waals surface area contributed by atoms with Crippen LogP contribution in [0.5, 0.6) is 0 Å². The number of aromatic nitrogens is 2. The Labute approximate surface area is 120 Å². The summed E-state index contributed by atoms with van der Waals surface area (Å²) in [6.07, 6.45) is 1.53. The van der Waals surface area contributed by atoms with Crippen molar-refractivity contribution < 1.29 is 4.21 Å². The summed E-state index contributed by atoms with van der Waals surface area (Å²) in [6, 6.07) is 1.95. The third-order valence-electron chi connectivity index (χ3n) is 2.10. The highest BCUT2D eigenvalue weighted by molar-refractivity contribution is 9.10. The smallest absolute Gasteiger partial charge is 0.170 e. The van der Waals surface area contributed by atoms with Crippen LogP contribution in [0.15, 0.2) is 20.4 Å². The molecule has 0 fully saturated rings. The molecule has 18 heavy (non-hydrogen) atoms. The summed E-state index contributed by atoms with van der Waals surface area (Å²) < 4.78 is 17.3. The first-order valence-corrected chi connectivity index (χ1v) is 8.01. The van der Waals surface area contributed by atoms with E-state index in [9.17, 15) is 4.21 Å². The largest absolute Gasteiger partial charge is 0.234 e. The molecule has 0 bridgehead atoms. The van der Waals surface area contributed by atoms with Crippen molar-refractivity contribution in [1.82, 2.24) is 9.97 Å². The lowest BCUT2D eigenvalue weighted by Gasteiger charge is -2.12. The number of nitrogens with zero attached hydrogens (tertiary/aromatic N) is 3. The molecule has 0 aliphatic carbocycles. The molecule has 0 radical (unpaired) electrons. The summed E-state index contributed by atoms with van der Waals surface area (Å²) in [5.74, 6) is 0. The van der Waals surface area contributed by atoms with Crippen molar-refractivity contribution in [2.45, 2.75) is 25.5 Å². The van der Waals surface area contributed by atoms with Gasteiger partial charge in [-0.1, -0.05) is 0 Å². The lowest BCUT2D eigenvalue weighted by molar-refractivity contribution is 0.651. The third-order valence-corrected chi connectivity index (χ3v) is 4.84. The predicted molar refractivity (Wildman–Crippen MR) is 80.6 cm³/mol. The first-order chi connectivity index (χ1) is 8.38. The average molecular weight is 346 g/mol. The molecule has 2 aromatic heterocycles. The molecule has 0 saturated carbocycles. The van der Waals surface area contributed by atoms with E-state index in [4.69, 9.17) is 0 Å². The molecule has 96 valence electrons. The fraction of sp³-hybridized carbons (Fsp3) is 0.364.